The molecule has 2 heterocycles. The van der Waals surface area contributed by atoms with Crippen molar-refractivity contribution in [3.63, 3.8) is 0 Å². The zero-order valence-electron chi connectivity index (χ0n) is 13.2. The second-order valence-corrected chi connectivity index (χ2v) is 7.67. The predicted molar refractivity (Wildman–Crippen MR) is 87.3 cm³/mol. The molecular formula is C13H19N5O3S2. The maximum atomic E-state index is 11.9. The smallest absolute Gasteiger partial charge is 0.326 e. The van der Waals surface area contributed by atoms with Crippen LogP contribution in [0.5, 0.6) is 0 Å². The average molecular weight is 357 g/mol. The van der Waals surface area contributed by atoms with Gasteiger partial charge in [-0.05, 0) is 13.3 Å². The molecule has 8 nitrogen and oxygen atoms in total. The van der Waals surface area contributed by atoms with E-state index in [1.165, 1.54) is 19.0 Å². The van der Waals surface area contributed by atoms with Crippen LogP contribution in [0.15, 0.2) is 4.34 Å². The fraction of sp³-hybridized carbons (Fsp3) is 0.615. The van der Waals surface area contributed by atoms with Gasteiger partial charge >= 0.3 is 6.03 Å². The number of rotatable bonds is 7. The lowest BCUT2D eigenvalue weighted by atomic mass is 10.2. The molecule has 1 aromatic heterocycles. The first kappa shape index (κ1) is 17.7. The van der Waals surface area contributed by atoms with Gasteiger partial charge in [-0.15, -0.1) is 10.2 Å². The normalized spacial score (nSPS) is 18.0. The van der Waals surface area contributed by atoms with Crippen LogP contribution in [0, 0.1) is 6.92 Å². The topological polar surface area (TPSA) is 95.5 Å². The molecule has 1 aliphatic rings. The van der Waals surface area contributed by atoms with E-state index >= 15 is 0 Å². The summed E-state index contributed by atoms with van der Waals surface area (Å²) in [6, 6.07) is -1.08. The highest BCUT2D eigenvalue weighted by molar-refractivity contribution is 8.01. The number of likely N-dealkylation sites (N-methyl/N-ethyl adjacent to an activating group) is 2. The summed E-state index contributed by atoms with van der Waals surface area (Å²) in [5, 5.41) is 11.7. The quantitative estimate of drug-likeness (QED) is 0.439. The highest BCUT2D eigenvalue weighted by atomic mass is 32.2. The summed E-state index contributed by atoms with van der Waals surface area (Å²) in [6.07, 6.45) is 0.788. The molecule has 2 rings (SSSR count). The first-order valence-electron chi connectivity index (χ1n) is 7.14. The Balaban J connectivity index is 1.65. The number of thioether (sulfide) groups is 1. The molecule has 1 atom stereocenters. The molecule has 23 heavy (non-hydrogen) atoms. The molecule has 0 saturated carbocycles. The Morgan fingerprint density at radius 1 is 1.35 bits per heavy atom. The van der Waals surface area contributed by atoms with Gasteiger partial charge in [-0.3, -0.25) is 14.5 Å². The number of nitrogens with one attached hydrogen (secondary N) is 1. The van der Waals surface area contributed by atoms with E-state index in [9.17, 15) is 14.4 Å². The lowest BCUT2D eigenvalue weighted by Crippen LogP contribution is -2.37. The number of amides is 4. The van der Waals surface area contributed by atoms with Gasteiger partial charge in [0.15, 0.2) is 4.34 Å². The van der Waals surface area contributed by atoms with E-state index in [1.807, 2.05) is 6.92 Å². The van der Waals surface area contributed by atoms with E-state index in [2.05, 4.69) is 15.5 Å². The summed E-state index contributed by atoms with van der Waals surface area (Å²) in [6.45, 7) is 2.43. The molecule has 1 fully saturated rings. The molecular weight excluding hydrogens is 338 g/mol. The zero-order valence-corrected chi connectivity index (χ0v) is 14.9. The summed E-state index contributed by atoms with van der Waals surface area (Å²) in [5.41, 5.74) is 0. The Bertz CT molecular complexity index is 606. The van der Waals surface area contributed by atoms with E-state index in [0.717, 1.165) is 26.4 Å². The van der Waals surface area contributed by atoms with Crippen molar-refractivity contribution in [2.24, 2.45) is 0 Å². The van der Waals surface area contributed by atoms with Gasteiger partial charge in [-0.2, -0.15) is 0 Å². The first-order valence-corrected chi connectivity index (χ1v) is 8.94. The van der Waals surface area contributed by atoms with Crippen molar-refractivity contribution in [3.8, 4) is 0 Å². The third-order valence-electron chi connectivity index (χ3n) is 3.43. The first-order chi connectivity index (χ1) is 10.9. The monoisotopic (exact) mass is 357 g/mol. The summed E-state index contributed by atoms with van der Waals surface area (Å²) in [7, 11) is 2.95. The van der Waals surface area contributed by atoms with Crippen LogP contribution < -0.4 is 5.32 Å². The molecule has 1 aliphatic heterocycles. The molecule has 0 radical (unpaired) electrons. The van der Waals surface area contributed by atoms with Gasteiger partial charge in [-0.1, -0.05) is 23.1 Å². The molecule has 126 valence electrons. The number of aromatic nitrogens is 2. The summed E-state index contributed by atoms with van der Waals surface area (Å²) in [4.78, 5) is 37.7. The number of nitrogens with zero attached hydrogens (tertiary/aromatic N) is 4. The van der Waals surface area contributed by atoms with E-state index in [1.54, 1.807) is 23.1 Å². The summed E-state index contributed by atoms with van der Waals surface area (Å²) < 4.78 is 0.925. The van der Waals surface area contributed by atoms with Crippen molar-refractivity contribution in [2.75, 3.05) is 26.4 Å². The molecule has 10 heteroatoms. The van der Waals surface area contributed by atoms with Crippen LogP contribution in [0.3, 0.4) is 0 Å². The molecule has 0 spiro atoms. The third-order valence-corrected chi connectivity index (χ3v) is 5.49. The molecule has 0 unspecified atom stereocenters. The maximum Gasteiger partial charge on any atom is 0.326 e. The second kappa shape index (κ2) is 7.73. The van der Waals surface area contributed by atoms with E-state index in [0.29, 0.717) is 6.54 Å². The molecule has 1 aromatic rings. The van der Waals surface area contributed by atoms with Crippen LogP contribution in [-0.4, -0.2) is 70.3 Å². The van der Waals surface area contributed by atoms with Gasteiger partial charge in [0.05, 0.1) is 6.42 Å². The second-order valence-electron chi connectivity index (χ2n) is 5.15. The van der Waals surface area contributed by atoms with Gasteiger partial charge < -0.3 is 10.2 Å². The average Bonchev–Trinajstić information content (AvgIpc) is 3.00. The van der Waals surface area contributed by atoms with Crippen molar-refractivity contribution in [1.82, 2.24) is 25.3 Å². The fourth-order valence-corrected chi connectivity index (χ4v) is 3.95. The Labute approximate surface area is 142 Å². The predicted octanol–water partition coefficient (Wildman–Crippen LogP) is 0.727. The van der Waals surface area contributed by atoms with Gasteiger partial charge in [0.25, 0.3) is 5.91 Å². The highest BCUT2D eigenvalue weighted by Gasteiger charge is 2.41. The minimum Gasteiger partial charge on any atom is -0.356 e. The lowest BCUT2D eigenvalue weighted by molar-refractivity contribution is -0.131. The largest absolute Gasteiger partial charge is 0.356 e. The Hall–Kier alpha value is -1.68. The summed E-state index contributed by atoms with van der Waals surface area (Å²) in [5.74, 6) is 0.267. The van der Waals surface area contributed by atoms with E-state index in [4.69, 9.17) is 0 Å². The van der Waals surface area contributed by atoms with Crippen LogP contribution in [0.1, 0.15) is 17.8 Å². The number of hydrogen-bond acceptors (Lipinski definition) is 7. The number of hydrogen-bond donors (Lipinski definition) is 1. The molecule has 1 saturated heterocycles. The Morgan fingerprint density at radius 2 is 2.09 bits per heavy atom. The number of urea groups is 1. The van der Waals surface area contributed by atoms with Crippen molar-refractivity contribution < 1.29 is 14.4 Å². The SMILES string of the molecule is Cc1nnc(SCCCNC(=O)C[C@@H]2C(=O)N(C)C(=O)N2C)s1. The molecule has 0 aromatic carbocycles. The van der Waals surface area contributed by atoms with Gasteiger partial charge in [0.1, 0.15) is 11.0 Å². The van der Waals surface area contributed by atoms with Crippen LogP contribution in [0.2, 0.25) is 0 Å². The van der Waals surface area contributed by atoms with Gasteiger partial charge in [0, 0.05) is 26.4 Å². The van der Waals surface area contributed by atoms with Crippen LogP contribution in [-0.2, 0) is 9.59 Å². The zero-order chi connectivity index (χ0) is 17.0. The number of carbonyl (C=O) groups is 3. The van der Waals surface area contributed by atoms with Crippen LogP contribution in [0.4, 0.5) is 4.79 Å². The fourth-order valence-electron chi connectivity index (χ4n) is 2.12. The van der Waals surface area contributed by atoms with Crippen LogP contribution in [0.25, 0.3) is 0 Å². The van der Waals surface area contributed by atoms with Crippen molar-refractivity contribution in [3.05, 3.63) is 5.01 Å². The minimum absolute atomic E-state index is 0.00580. The van der Waals surface area contributed by atoms with Gasteiger partial charge in [0.2, 0.25) is 5.91 Å². The number of carbonyl (C=O) groups excluding carboxylic acids is 3. The standard InChI is InChI=1S/C13H19N5O3S2/c1-8-15-16-12(23-8)22-6-4-5-14-10(19)7-9-11(20)18(3)13(21)17(9)2/h9H,4-7H2,1-3H3,(H,14,19)/t9-/m1/s1. The van der Waals surface area contributed by atoms with Crippen molar-refractivity contribution in [1.29, 1.82) is 0 Å². The molecule has 1 N–H and O–H groups in total. The minimum atomic E-state index is -0.703. The number of imide groups is 1. The highest BCUT2D eigenvalue weighted by Crippen LogP contribution is 2.22. The Kier molecular flexibility index (Phi) is 5.94. The molecule has 0 bridgehead atoms. The Morgan fingerprint density at radius 3 is 2.65 bits per heavy atom. The molecule has 4 amide bonds. The maximum absolute atomic E-state index is 11.9. The third kappa shape index (κ3) is 4.41. The molecule has 0 aliphatic carbocycles. The van der Waals surface area contributed by atoms with E-state index in [-0.39, 0.29) is 24.3 Å². The number of aryl methyl sites for hydroxylation is 1. The van der Waals surface area contributed by atoms with Crippen molar-refractivity contribution >= 4 is 40.9 Å². The van der Waals surface area contributed by atoms with Crippen molar-refractivity contribution in [2.45, 2.75) is 30.1 Å². The van der Waals surface area contributed by atoms with Crippen LogP contribution >= 0.6 is 23.1 Å². The van der Waals surface area contributed by atoms with Gasteiger partial charge in [-0.25, -0.2) is 4.79 Å². The van der Waals surface area contributed by atoms with E-state index < -0.39 is 6.04 Å². The lowest BCUT2D eigenvalue weighted by Gasteiger charge is -2.15. The summed E-state index contributed by atoms with van der Waals surface area (Å²) >= 11 is 3.16.